The predicted octanol–water partition coefficient (Wildman–Crippen LogP) is 2.57. The third kappa shape index (κ3) is 4.38. The zero-order valence-electron chi connectivity index (χ0n) is 14.8. The summed E-state index contributed by atoms with van der Waals surface area (Å²) in [6, 6.07) is 10.4. The Kier molecular flexibility index (Phi) is 5.61. The van der Waals surface area contributed by atoms with Gasteiger partial charge < -0.3 is 9.84 Å². The molecule has 0 radical (unpaired) electrons. The molecule has 7 heteroatoms. The molecule has 0 unspecified atom stereocenters. The lowest BCUT2D eigenvalue weighted by Crippen LogP contribution is -2.30. The Labute approximate surface area is 154 Å². The van der Waals surface area contributed by atoms with Crippen LogP contribution in [0.2, 0.25) is 0 Å². The van der Waals surface area contributed by atoms with E-state index in [2.05, 4.69) is 4.98 Å². The monoisotopic (exact) mass is 370 g/mol. The van der Waals surface area contributed by atoms with Gasteiger partial charge in [0.25, 0.3) is 5.56 Å². The van der Waals surface area contributed by atoms with Crippen molar-refractivity contribution in [3.05, 3.63) is 70.5 Å². The van der Waals surface area contributed by atoms with Gasteiger partial charge in [-0.05, 0) is 36.4 Å². The molecule has 3 aromatic rings. The van der Waals surface area contributed by atoms with E-state index in [0.29, 0.717) is 17.7 Å². The number of Topliss-reactive ketones (excluding diaryl/α,β-unsaturated/α-hetero) is 1. The first-order valence-electron chi connectivity index (χ1n) is 8.56. The van der Waals surface area contributed by atoms with Gasteiger partial charge in [-0.1, -0.05) is 6.92 Å². The number of ketones is 1. The van der Waals surface area contributed by atoms with Crippen LogP contribution in [0.3, 0.4) is 0 Å². The van der Waals surface area contributed by atoms with E-state index in [1.54, 1.807) is 31.2 Å². The van der Waals surface area contributed by atoms with Gasteiger partial charge in [-0.3, -0.25) is 14.2 Å². The Balaban J connectivity index is 1.64. The average molecular weight is 370 g/mol. The number of carbonyl (C=O) groups is 1. The van der Waals surface area contributed by atoms with Gasteiger partial charge in [0.15, 0.2) is 5.78 Å². The third-order valence-corrected chi connectivity index (χ3v) is 4.13. The van der Waals surface area contributed by atoms with E-state index in [1.807, 2.05) is 0 Å². The second-order valence-electron chi connectivity index (χ2n) is 6.13. The Bertz CT molecular complexity index is 1010. The number of aromatic nitrogens is 2. The van der Waals surface area contributed by atoms with E-state index in [1.165, 1.54) is 29.1 Å². The zero-order chi connectivity index (χ0) is 19.4. The van der Waals surface area contributed by atoms with Crippen LogP contribution in [0.1, 0.15) is 23.7 Å². The maximum Gasteiger partial charge on any atom is 0.261 e. The second-order valence-corrected chi connectivity index (χ2v) is 6.13. The second kappa shape index (κ2) is 8.09. The van der Waals surface area contributed by atoms with Crippen molar-refractivity contribution in [1.29, 1.82) is 0 Å². The van der Waals surface area contributed by atoms with Gasteiger partial charge in [-0.2, -0.15) is 0 Å². The molecule has 2 aromatic carbocycles. The standard InChI is InChI=1S/C20H19FN2O4/c1-2-19(25)13-3-6-16(7-4-13)27-11-15(24)10-23-12-22-18-9-14(21)5-8-17(18)20(23)26/h3-9,12,15,24H,2,10-11H2,1H3/t15-/m0/s1. The topological polar surface area (TPSA) is 81.4 Å². The van der Waals surface area contributed by atoms with Gasteiger partial charge in [0.2, 0.25) is 0 Å². The van der Waals surface area contributed by atoms with E-state index in [4.69, 9.17) is 4.74 Å². The molecule has 0 spiro atoms. The van der Waals surface area contributed by atoms with Crippen molar-refractivity contribution >= 4 is 16.7 Å². The highest BCUT2D eigenvalue weighted by atomic mass is 19.1. The first-order valence-corrected chi connectivity index (χ1v) is 8.56. The molecule has 0 saturated heterocycles. The van der Waals surface area contributed by atoms with Crippen LogP contribution < -0.4 is 10.3 Å². The minimum absolute atomic E-state index is 0.00838. The number of fused-ring (bicyclic) bond motifs is 1. The zero-order valence-corrected chi connectivity index (χ0v) is 14.8. The van der Waals surface area contributed by atoms with E-state index in [9.17, 15) is 19.1 Å². The number of hydrogen-bond acceptors (Lipinski definition) is 5. The lowest BCUT2D eigenvalue weighted by Gasteiger charge is -2.14. The summed E-state index contributed by atoms with van der Waals surface area (Å²) >= 11 is 0. The largest absolute Gasteiger partial charge is 0.491 e. The number of carbonyl (C=O) groups excluding carboxylic acids is 1. The van der Waals surface area contributed by atoms with Gasteiger partial charge in [0.1, 0.15) is 24.3 Å². The fraction of sp³-hybridized carbons (Fsp3) is 0.250. The summed E-state index contributed by atoms with van der Waals surface area (Å²) in [4.78, 5) is 28.0. The molecule has 1 heterocycles. The minimum atomic E-state index is -0.945. The summed E-state index contributed by atoms with van der Waals surface area (Å²) in [7, 11) is 0. The van der Waals surface area contributed by atoms with Crippen molar-refractivity contribution in [1.82, 2.24) is 9.55 Å². The number of ether oxygens (including phenoxy) is 1. The highest BCUT2D eigenvalue weighted by molar-refractivity contribution is 5.95. The highest BCUT2D eigenvalue weighted by Crippen LogP contribution is 2.14. The maximum atomic E-state index is 13.2. The number of aliphatic hydroxyl groups is 1. The van der Waals surface area contributed by atoms with Gasteiger partial charge in [-0.25, -0.2) is 9.37 Å². The molecule has 0 fully saturated rings. The van der Waals surface area contributed by atoms with Crippen LogP contribution in [0.15, 0.2) is 53.6 Å². The van der Waals surface area contributed by atoms with Crippen LogP contribution in [0.5, 0.6) is 5.75 Å². The number of aliphatic hydroxyl groups excluding tert-OH is 1. The first-order chi connectivity index (χ1) is 13.0. The Morgan fingerprint density at radius 2 is 2.00 bits per heavy atom. The van der Waals surface area contributed by atoms with Crippen molar-refractivity contribution in [3.8, 4) is 5.75 Å². The van der Waals surface area contributed by atoms with Crippen LogP contribution in [0.4, 0.5) is 4.39 Å². The Morgan fingerprint density at radius 1 is 1.26 bits per heavy atom. The van der Waals surface area contributed by atoms with Crippen LogP contribution in [0.25, 0.3) is 10.9 Å². The van der Waals surface area contributed by atoms with E-state index < -0.39 is 11.9 Å². The summed E-state index contributed by atoms with van der Waals surface area (Å²) in [5, 5.41) is 10.4. The van der Waals surface area contributed by atoms with E-state index in [-0.39, 0.29) is 35.4 Å². The quantitative estimate of drug-likeness (QED) is 0.647. The number of halogens is 1. The molecule has 0 saturated carbocycles. The van der Waals surface area contributed by atoms with Gasteiger partial charge in [-0.15, -0.1) is 0 Å². The minimum Gasteiger partial charge on any atom is -0.491 e. The molecule has 140 valence electrons. The van der Waals surface area contributed by atoms with Crippen molar-refractivity contribution in [2.75, 3.05) is 6.61 Å². The SMILES string of the molecule is CCC(=O)c1ccc(OC[C@@H](O)Cn2cnc3cc(F)ccc3c2=O)cc1. The maximum absolute atomic E-state index is 13.2. The molecular formula is C20H19FN2O4. The molecule has 3 rings (SSSR count). The molecule has 1 atom stereocenters. The van der Waals surface area contributed by atoms with Gasteiger partial charge >= 0.3 is 0 Å². The molecular weight excluding hydrogens is 351 g/mol. The molecule has 0 aliphatic heterocycles. The lowest BCUT2D eigenvalue weighted by molar-refractivity contribution is 0.0913. The fourth-order valence-corrected chi connectivity index (χ4v) is 2.67. The molecule has 0 bridgehead atoms. The molecule has 27 heavy (non-hydrogen) atoms. The van der Waals surface area contributed by atoms with Crippen molar-refractivity contribution in [3.63, 3.8) is 0 Å². The molecule has 0 aliphatic carbocycles. The highest BCUT2D eigenvalue weighted by Gasteiger charge is 2.11. The van der Waals surface area contributed by atoms with Crippen molar-refractivity contribution < 1.29 is 19.0 Å². The molecule has 6 nitrogen and oxygen atoms in total. The third-order valence-electron chi connectivity index (χ3n) is 4.13. The summed E-state index contributed by atoms with van der Waals surface area (Å²) in [5.41, 5.74) is 0.515. The van der Waals surface area contributed by atoms with Gasteiger partial charge in [0.05, 0.1) is 23.8 Å². The summed E-state index contributed by atoms with van der Waals surface area (Å²) in [5.74, 6) is 0.0954. The van der Waals surface area contributed by atoms with Crippen molar-refractivity contribution in [2.24, 2.45) is 0 Å². The number of rotatable bonds is 7. The molecule has 1 aromatic heterocycles. The molecule has 1 N–H and O–H groups in total. The van der Waals surface area contributed by atoms with Crippen LogP contribution in [0, 0.1) is 5.82 Å². The lowest BCUT2D eigenvalue weighted by atomic mass is 10.1. The molecule has 0 amide bonds. The van der Waals surface area contributed by atoms with Crippen LogP contribution >= 0.6 is 0 Å². The Morgan fingerprint density at radius 3 is 2.70 bits per heavy atom. The van der Waals surface area contributed by atoms with E-state index >= 15 is 0 Å². The van der Waals surface area contributed by atoms with Crippen molar-refractivity contribution in [2.45, 2.75) is 26.0 Å². The van der Waals surface area contributed by atoms with Crippen LogP contribution in [-0.4, -0.2) is 33.2 Å². The van der Waals surface area contributed by atoms with Gasteiger partial charge in [0, 0.05) is 18.1 Å². The number of hydrogen-bond donors (Lipinski definition) is 1. The van der Waals surface area contributed by atoms with Crippen LogP contribution in [-0.2, 0) is 6.54 Å². The average Bonchev–Trinajstić information content (AvgIpc) is 2.68. The number of nitrogens with zero attached hydrogens (tertiary/aromatic N) is 2. The summed E-state index contributed by atoms with van der Waals surface area (Å²) < 4.78 is 20.0. The first kappa shape index (κ1) is 18.7. The fourth-order valence-electron chi connectivity index (χ4n) is 2.67. The smallest absolute Gasteiger partial charge is 0.261 e. The van der Waals surface area contributed by atoms with E-state index in [0.717, 1.165) is 0 Å². The predicted molar refractivity (Wildman–Crippen MR) is 98.5 cm³/mol. The number of benzene rings is 2. The normalized spacial score (nSPS) is 12.1. The Hall–Kier alpha value is -3.06. The summed E-state index contributed by atoms with van der Waals surface area (Å²) in [6.45, 7) is 1.75. The summed E-state index contributed by atoms with van der Waals surface area (Å²) in [6.07, 6.45) is 0.762. The molecule has 0 aliphatic rings.